The minimum Gasteiger partial charge on any atom is -0.481 e. The van der Waals surface area contributed by atoms with E-state index in [1.807, 2.05) is 54.5 Å². The summed E-state index contributed by atoms with van der Waals surface area (Å²) < 4.78 is 94.4. The molecule has 0 radical (unpaired) electrons. The van der Waals surface area contributed by atoms with E-state index < -0.39 is 78.1 Å². The summed E-state index contributed by atoms with van der Waals surface area (Å²) in [6.45, 7) is 14.4. The van der Waals surface area contributed by atoms with Gasteiger partial charge in [-0.15, -0.1) is 0 Å². The number of benzene rings is 2. The molecule has 4 fully saturated rings. The summed E-state index contributed by atoms with van der Waals surface area (Å²) in [5.41, 5.74) is 1.52. The molecule has 0 bridgehead atoms. The molecular formula is C81H93BBr8FN9O19S2. The zero-order valence-corrected chi connectivity index (χ0v) is 83.2. The van der Waals surface area contributed by atoms with Gasteiger partial charge in [0, 0.05) is 176 Å². The molecule has 0 atom stereocenters. The molecule has 12 rings (SSSR count). The predicted molar refractivity (Wildman–Crippen MR) is 489 cm³/mol. The highest BCUT2D eigenvalue weighted by Gasteiger charge is 2.54. The topological polar surface area (TPSA) is 388 Å². The number of carboxylic acid groups (broad SMARTS) is 1. The monoisotopic (exact) mass is 2220 g/mol. The number of nitriles is 2. The van der Waals surface area contributed by atoms with Gasteiger partial charge < -0.3 is 57.0 Å². The van der Waals surface area contributed by atoms with E-state index in [-0.39, 0.29) is 70.3 Å². The number of pyridine rings is 6. The molecule has 3 aliphatic carbocycles. The Hall–Kier alpha value is -6.90. The van der Waals surface area contributed by atoms with Crippen LogP contribution in [-0.2, 0) is 127 Å². The molecule has 4 aliphatic rings. The van der Waals surface area contributed by atoms with E-state index in [4.69, 9.17) is 34.8 Å². The number of aliphatic carboxylic acids is 1. The Bertz CT molecular complexity index is 5830. The largest absolute Gasteiger partial charge is 0.495 e. The van der Waals surface area contributed by atoms with Crippen LogP contribution in [-0.4, -0.2) is 119 Å². The van der Waals surface area contributed by atoms with Gasteiger partial charge in [0.25, 0.3) is 43.5 Å². The number of carbonyl (C=O) groups is 3. The van der Waals surface area contributed by atoms with Gasteiger partial charge in [-0.25, -0.2) is 17.6 Å². The zero-order valence-electron chi connectivity index (χ0n) is 68.9. The van der Waals surface area contributed by atoms with Crippen molar-refractivity contribution in [3.8, 4) is 12.1 Å². The average Bonchev–Trinajstić information content (AvgIpc) is 1.61. The average molecular weight is 2230 g/mol. The molecule has 2 aromatic carbocycles. The first-order chi connectivity index (χ1) is 56.0. The maximum absolute atomic E-state index is 13.3. The van der Waals surface area contributed by atoms with Crippen LogP contribution in [0.2, 0.25) is 0 Å². The molecule has 121 heavy (non-hydrogen) atoms. The zero-order chi connectivity index (χ0) is 91.6. The number of nitrogens with one attached hydrogen (secondary N) is 1. The van der Waals surface area contributed by atoms with Crippen molar-refractivity contribution in [2.75, 3.05) is 22.7 Å². The van der Waals surface area contributed by atoms with E-state index in [1.165, 1.54) is 75.9 Å². The number of amides is 1. The molecule has 3 N–H and O–H groups in total. The molecule has 40 heteroatoms. The fourth-order valence-electron chi connectivity index (χ4n) is 11.0. The highest BCUT2D eigenvalue weighted by atomic mass is 79.9. The van der Waals surface area contributed by atoms with Gasteiger partial charge >= 0.3 is 19.2 Å². The van der Waals surface area contributed by atoms with Gasteiger partial charge in [0.2, 0.25) is 0 Å². The van der Waals surface area contributed by atoms with E-state index in [1.54, 1.807) is 117 Å². The number of aliphatic hydroxyl groups excluding tert-OH is 1. The summed E-state index contributed by atoms with van der Waals surface area (Å²) in [5.74, 6) is -1.71. The lowest BCUT2D eigenvalue weighted by atomic mass is 9.73. The Morgan fingerprint density at radius 2 is 0.992 bits per heavy atom. The van der Waals surface area contributed by atoms with Gasteiger partial charge in [0.15, 0.2) is 15.6 Å². The van der Waals surface area contributed by atoms with Gasteiger partial charge in [0.1, 0.15) is 11.4 Å². The number of carbonyl (C=O) groups excluding carboxylic acids is 2. The number of rotatable bonds is 17. The second-order valence-electron chi connectivity index (χ2n) is 30.4. The number of ether oxygens (including phenoxy) is 1. The molecule has 654 valence electrons. The Labute approximate surface area is 768 Å². The van der Waals surface area contributed by atoms with E-state index >= 15 is 0 Å². The molecule has 6 aromatic heterocycles. The summed E-state index contributed by atoms with van der Waals surface area (Å²) in [7, 11) is 2.38. The number of halogens is 9. The number of aliphatic hydroxyl groups is 1. The van der Waals surface area contributed by atoms with Crippen molar-refractivity contribution in [3.63, 3.8) is 0 Å². The number of alkyl halides is 2. The molecule has 7 heterocycles. The lowest BCUT2D eigenvalue weighted by molar-refractivity contribution is -0.140. The molecule has 1 amide bonds. The van der Waals surface area contributed by atoms with Crippen molar-refractivity contribution in [3.05, 3.63) is 261 Å². The number of sulfone groups is 1. The lowest BCUT2D eigenvalue weighted by Crippen LogP contribution is -2.41. The minimum atomic E-state index is -3.49. The van der Waals surface area contributed by atoms with E-state index in [2.05, 4.69) is 143 Å². The molecule has 3 saturated carbocycles. The molecule has 1 saturated heterocycles. The fourth-order valence-corrected chi connectivity index (χ4v) is 16.3. The quantitative estimate of drug-likeness (QED) is 0.0330. The first-order valence-electron chi connectivity index (χ1n) is 36.8. The first-order valence-corrected chi connectivity index (χ1v) is 47.4. The van der Waals surface area contributed by atoms with E-state index in [0.29, 0.717) is 60.6 Å². The van der Waals surface area contributed by atoms with Crippen molar-refractivity contribution < 1.29 is 64.1 Å². The van der Waals surface area contributed by atoms with Gasteiger partial charge in [0.05, 0.1) is 71.4 Å². The molecule has 0 unspecified atom stereocenters. The molecule has 1 aliphatic heterocycles. The highest BCUT2D eigenvalue weighted by Crippen LogP contribution is 2.51. The second kappa shape index (κ2) is 44.3. The van der Waals surface area contributed by atoms with Crippen LogP contribution in [0.15, 0.2) is 172 Å². The highest BCUT2D eigenvalue weighted by molar-refractivity contribution is 9.12. The third-order valence-electron chi connectivity index (χ3n) is 19.2. The van der Waals surface area contributed by atoms with Crippen molar-refractivity contribution in [2.24, 2.45) is 42.3 Å². The lowest BCUT2D eigenvalue weighted by Gasteiger charge is -2.32. The van der Waals surface area contributed by atoms with E-state index in [9.17, 15) is 64.4 Å². The van der Waals surface area contributed by atoms with Crippen LogP contribution in [0.5, 0.6) is 0 Å². The van der Waals surface area contributed by atoms with Crippen LogP contribution >= 0.6 is 127 Å². The number of ketones is 1. The van der Waals surface area contributed by atoms with Gasteiger partial charge in [-0.1, -0.05) is 57.0 Å². The van der Waals surface area contributed by atoms with Crippen molar-refractivity contribution in [1.29, 1.82) is 10.5 Å². The summed E-state index contributed by atoms with van der Waals surface area (Å²) in [5, 5.41) is 40.3. The Kier molecular flexibility index (Phi) is 38.3. The van der Waals surface area contributed by atoms with Crippen LogP contribution in [0.4, 0.5) is 9.18 Å². The van der Waals surface area contributed by atoms with Crippen LogP contribution in [0.25, 0.3) is 0 Å². The molecular weight excluding hydrogens is 2140 g/mol. The second-order valence-corrected chi connectivity index (χ2v) is 41.1. The standard InChI is InChI=1S/C22H26BFO5S.C14H19BrN2O3.C10H9BrN2O.C10H10BrNO3.C8H7BrN2O.C8H10BrNO4S.C7H8BrNO2.C2H4Br2/c1-6-30(26,27)14-15-7-12-18(20(25)16-8-10-17(24)11-9-16)19(13-15)23-28-21(2,3)22(4,5)29-23;1-13(2,3)20-12(19)16-14(5-6-14)9-7-11(18)17(4)8-10(9)15;1-13-5-8(11)7(4-9(13)14)10(6-12)2-3-10;1-12-5-7(11)6(4-8(12)13)10(2-3-10)9(14)15;1-11-5-7(9)6(2-3-10)4-8(11)12;1-10-4-7(9)6(3-8(10)11)5-14-15(2,12)13;1-9-3-6(8)5(4-10)2-7(9)11;3-1-2-4/h7-13H,6,14H2,1-5H3;7-8H,5-6H2,1-4H3,(H,16,19);4-5H,2-3H2,1H3;4-5H,2-3H2,1H3,(H,14,15);4-5H,2H2,1H3;3-4H,5H2,1-2H3;2-3,10H,4H2,1H3;1-2H2. The molecule has 8 aromatic rings. The fraction of sp³-hybridized carbons (Fsp3) is 0.420. The number of hydrogen-bond donors (Lipinski definition) is 3. The van der Waals surface area contributed by atoms with Gasteiger partial charge in [-0.2, -0.15) is 18.9 Å². The summed E-state index contributed by atoms with van der Waals surface area (Å²) >= 11 is 26.3. The van der Waals surface area contributed by atoms with Crippen LogP contribution < -0.4 is 44.1 Å². The van der Waals surface area contributed by atoms with Gasteiger partial charge in [-0.05, 0) is 246 Å². The van der Waals surface area contributed by atoms with Crippen molar-refractivity contribution in [1.82, 2.24) is 32.7 Å². The third kappa shape index (κ3) is 30.2. The van der Waals surface area contributed by atoms with Crippen LogP contribution in [0.3, 0.4) is 0 Å². The Morgan fingerprint density at radius 1 is 0.587 bits per heavy atom. The van der Waals surface area contributed by atoms with Crippen molar-refractivity contribution in [2.45, 2.75) is 152 Å². The number of carboxylic acids is 1. The Morgan fingerprint density at radius 3 is 1.39 bits per heavy atom. The normalized spacial score (nSPS) is 14.9. The number of alkyl carbamates (subject to hydrolysis) is 1. The Balaban J connectivity index is 0.000000256. The first kappa shape index (κ1) is 105. The van der Waals surface area contributed by atoms with Crippen LogP contribution in [0, 0.1) is 28.5 Å². The summed E-state index contributed by atoms with van der Waals surface area (Å²) in [6.07, 6.45) is 15.2. The SMILES string of the molecule is BrCCBr.CCS(=O)(=O)Cc1ccc(C(=O)c2ccc(F)cc2)c(B2OC(C)(C)C(C)(C)O2)c1.Cn1cc(Br)c(C2(C#N)CC2)cc1=O.Cn1cc(Br)c(C2(C(=O)O)CC2)cc1=O.Cn1cc(Br)c(C2(NC(=O)OC(C)(C)C)CC2)cc1=O.Cn1cc(Br)c(CC#N)cc1=O.Cn1cc(Br)c(CO)cc1=O.Cn1cc(Br)c(COS(C)(=O)=O)cc1=O. The van der Waals surface area contributed by atoms with E-state index in [0.717, 1.165) is 77.2 Å². The summed E-state index contributed by atoms with van der Waals surface area (Å²) in [6, 6.07) is 23.2. The van der Waals surface area contributed by atoms with Crippen molar-refractivity contribution >= 4 is 178 Å². The maximum Gasteiger partial charge on any atom is 0.495 e. The molecule has 0 spiro atoms. The smallest absolute Gasteiger partial charge is 0.481 e. The minimum absolute atomic E-state index is 0.0229. The molecule has 28 nitrogen and oxygen atoms in total. The number of hydrogen-bond acceptors (Lipinski definition) is 20. The number of aryl methyl sites for hydroxylation is 6. The predicted octanol–water partition coefficient (Wildman–Crippen LogP) is 13.2. The number of nitrogens with zero attached hydrogens (tertiary/aromatic N) is 8. The number of aromatic nitrogens is 6. The summed E-state index contributed by atoms with van der Waals surface area (Å²) in [4.78, 5) is 104. The van der Waals surface area contributed by atoms with Crippen LogP contribution in [0.1, 0.15) is 149 Å². The van der Waals surface area contributed by atoms with Gasteiger partial charge in [-0.3, -0.25) is 42.5 Å². The third-order valence-corrected chi connectivity index (χ3v) is 27.3. The maximum atomic E-state index is 13.3.